The van der Waals surface area contributed by atoms with E-state index in [0.717, 1.165) is 24.3 Å². The van der Waals surface area contributed by atoms with Crippen LogP contribution in [0.4, 0.5) is 5.82 Å². The molecule has 4 heteroatoms. The maximum atomic E-state index is 5.71. The average molecular weight is 285 g/mol. The van der Waals surface area contributed by atoms with Crippen LogP contribution in [0.2, 0.25) is 0 Å². The summed E-state index contributed by atoms with van der Waals surface area (Å²) in [4.78, 5) is 6.76. The zero-order chi connectivity index (χ0) is 11.5. The van der Waals surface area contributed by atoms with Crippen LogP contribution in [0.25, 0.3) is 0 Å². The second kappa shape index (κ2) is 5.15. The van der Waals surface area contributed by atoms with Gasteiger partial charge in [0.05, 0.1) is 18.8 Å². The smallest absolute Gasteiger partial charge is 0.129 e. The van der Waals surface area contributed by atoms with Crippen molar-refractivity contribution in [3.05, 3.63) is 23.9 Å². The number of rotatable bonds is 2. The quantitative estimate of drug-likeness (QED) is 0.780. The molecule has 1 aliphatic rings. The van der Waals surface area contributed by atoms with Gasteiger partial charge in [0.2, 0.25) is 0 Å². The third-order valence-electron chi connectivity index (χ3n) is 2.87. The minimum Gasteiger partial charge on any atom is -0.373 e. The molecule has 1 fully saturated rings. The van der Waals surface area contributed by atoms with Crippen LogP contribution in [0.3, 0.4) is 0 Å². The summed E-state index contributed by atoms with van der Waals surface area (Å²) in [5, 5.41) is 0.877. The molecule has 1 saturated heterocycles. The van der Waals surface area contributed by atoms with Gasteiger partial charge in [0, 0.05) is 18.1 Å². The van der Waals surface area contributed by atoms with Crippen molar-refractivity contribution < 1.29 is 4.74 Å². The van der Waals surface area contributed by atoms with Gasteiger partial charge in [-0.25, -0.2) is 4.98 Å². The van der Waals surface area contributed by atoms with Crippen LogP contribution in [-0.4, -0.2) is 35.6 Å². The van der Waals surface area contributed by atoms with Gasteiger partial charge in [0.1, 0.15) is 5.82 Å². The number of hydrogen-bond donors (Lipinski definition) is 0. The van der Waals surface area contributed by atoms with Crippen LogP contribution in [0.1, 0.15) is 12.5 Å². The van der Waals surface area contributed by atoms with Crippen molar-refractivity contribution in [2.24, 2.45) is 0 Å². The Labute approximate surface area is 105 Å². The molecule has 0 saturated carbocycles. The maximum absolute atomic E-state index is 5.71. The van der Waals surface area contributed by atoms with Crippen LogP contribution in [-0.2, 0) is 4.74 Å². The van der Waals surface area contributed by atoms with Crippen molar-refractivity contribution in [3.63, 3.8) is 0 Å². The number of nitrogens with zero attached hydrogens (tertiary/aromatic N) is 2. The Balaban J connectivity index is 2.17. The van der Waals surface area contributed by atoms with E-state index < -0.39 is 0 Å². The van der Waals surface area contributed by atoms with Gasteiger partial charge in [-0.2, -0.15) is 0 Å². The highest BCUT2D eigenvalue weighted by atomic mass is 79.9. The fourth-order valence-electron chi connectivity index (χ4n) is 1.91. The summed E-state index contributed by atoms with van der Waals surface area (Å²) < 4.78 is 5.71. The third-order valence-corrected chi connectivity index (χ3v) is 3.60. The monoisotopic (exact) mass is 284 g/mol. The van der Waals surface area contributed by atoms with Crippen molar-refractivity contribution in [2.75, 3.05) is 23.4 Å². The van der Waals surface area contributed by atoms with E-state index in [9.17, 15) is 0 Å². The van der Waals surface area contributed by atoms with Gasteiger partial charge in [-0.15, -0.1) is 0 Å². The summed E-state index contributed by atoms with van der Waals surface area (Å²) in [7, 11) is 0. The van der Waals surface area contributed by atoms with Crippen LogP contribution in [0.15, 0.2) is 18.3 Å². The normalized spacial score (nSPS) is 25.8. The number of hydrogen-bond acceptors (Lipinski definition) is 3. The van der Waals surface area contributed by atoms with Gasteiger partial charge < -0.3 is 9.64 Å². The highest BCUT2D eigenvalue weighted by Gasteiger charge is 2.26. The van der Waals surface area contributed by atoms with Crippen molar-refractivity contribution >= 4 is 21.7 Å². The summed E-state index contributed by atoms with van der Waals surface area (Å²) >= 11 is 3.47. The zero-order valence-electron chi connectivity index (χ0n) is 9.69. The molecule has 0 amide bonds. The van der Waals surface area contributed by atoms with Crippen LogP contribution in [0.5, 0.6) is 0 Å². The molecule has 3 nitrogen and oxygen atoms in total. The summed E-state index contributed by atoms with van der Waals surface area (Å²) in [5.74, 6) is 1.06. The van der Waals surface area contributed by atoms with E-state index in [1.165, 1.54) is 5.56 Å². The first-order valence-corrected chi connectivity index (χ1v) is 6.69. The number of aryl methyl sites for hydroxylation is 1. The number of ether oxygens (including phenoxy) is 1. The minimum atomic E-state index is 0.263. The lowest BCUT2D eigenvalue weighted by atomic mass is 10.2. The molecule has 0 aromatic carbocycles. The van der Waals surface area contributed by atoms with E-state index in [4.69, 9.17) is 4.74 Å². The Hall–Kier alpha value is -0.610. The summed E-state index contributed by atoms with van der Waals surface area (Å²) in [6, 6.07) is 4.55. The lowest BCUT2D eigenvalue weighted by Gasteiger charge is -2.38. The molecule has 16 heavy (non-hydrogen) atoms. The maximum Gasteiger partial charge on any atom is 0.129 e. The average Bonchev–Trinajstić information content (AvgIpc) is 2.30. The molecule has 0 aliphatic carbocycles. The Bertz CT molecular complexity index is 359. The zero-order valence-corrected chi connectivity index (χ0v) is 11.3. The number of alkyl halides is 1. The molecule has 2 atom stereocenters. The van der Waals surface area contributed by atoms with Crippen LogP contribution in [0, 0.1) is 6.92 Å². The minimum absolute atomic E-state index is 0.263. The SMILES string of the molecule is Cc1ccnc(N2CC(CBr)OCC2C)c1. The molecule has 0 bridgehead atoms. The van der Waals surface area contributed by atoms with Gasteiger partial charge >= 0.3 is 0 Å². The molecule has 0 radical (unpaired) electrons. The fraction of sp³-hybridized carbons (Fsp3) is 0.583. The number of halogens is 1. The summed E-state index contributed by atoms with van der Waals surface area (Å²) in [6.07, 6.45) is 2.13. The van der Waals surface area contributed by atoms with Crippen molar-refractivity contribution in [2.45, 2.75) is 26.0 Å². The standard InChI is InChI=1S/C12H17BrN2O/c1-9-3-4-14-12(5-9)15-7-11(6-13)16-8-10(15)2/h3-5,10-11H,6-8H2,1-2H3. The van der Waals surface area contributed by atoms with Gasteiger partial charge in [-0.1, -0.05) is 15.9 Å². The first-order valence-electron chi connectivity index (χ1n) is 5.57. The van der Waals surface area contributed by atoms with E-state index >= 15 is 0 Å². The Morgan fingerprint density at radius 1 is 1.62 bits per heavy atom. The molecule has 2 unspecified atom stereocenters. The summed E-state index contributed by atoms with van der Waals surface area (Å²) in [6.45, 7) is 5.95. The topological polar surface area (TPSA) is 25.4 Å². The molecule has 0 N–H and O–H groups in total. The van der Waals surface area contributed by atoms with E-state index in [1.807, 2.05) is 12.3 Å². The largest absolute Gasteiger partial charge is 0.373 e. The molecule has 1 aliphatic heterocycles. The third kappa shape index (κ3) is 2.55. The predicted molar refractivity (Wildman–Crippen MR) is 69.3 cm³/mol. The number of morpholine rings is 1. The highest BCUT2D eigenvalue weighted by molar-refractivity contribution is 9.09. The molecule has 2 rings (SSSR count). The first kappa shape index (κ1) is 11.9. The van der Waals surface area contributed by atoms with Crippen molar-refractivity contribution in [1.82, 2.24) is 4.98 Å². The Morgan fingerprint density at radius 3 is 3.12 bits per heavy atom. The Morgan fingerprint density at radius 2 is 2.44 bits per heavy atom. The molecule has 2 heterocycles. The van der Waals surface area contributed by atoms with E-state index in [0.29, 0.717) is 6.04 Å². The number of aromatic nitrogens is 1. The van der Waals surface area contributed by atoms with Crippen LogP contribution < -0.4 is 4.90 Å². The van der Waals surface area contributed by atoms with E-state index in [-0.39, 0.29) is 6.10 Å². The lowest BCUT2D eigenvalue weighted by molar-refractivity contribution is 0.0376. The molecule has 1 aromatic heterocycles. The molecule has 1 aromatic rings. The number of anilines is 1. The first-order chi connectivity index (χ1) is 7.70. The van der Waals surface area contributed by atoms with Gasteiger partial charge in [0.25, 0.3) is 0 Å². The second-order valence-electron chi connectivity index (χ2n) is 4.30. The van der Waals surface area contributed by atoms with Crippen LogP contribution >= 0.6 is 15.9 Å². The predicted octanol–water partition coefficient (Wildman–Crippen LogP) is 2.38. The molecular formula is C12H17BrN2O. The molecular weight excluding hydrogens is 268 g/mol. The molecule has 88 valence electrons. The van der Waals surface area contributed by atoms with Gasteiger partial charge in [-0.05, 0) is 31.5 Å². The van der Waals surface area contributed by atoms with Crippen molar-refractivity contribution in [3.8, 4) is 0 Å². The van der Waals surface area contributed by atoms with E-state index in [1.54, 1.807) is 0 Å². The number of pyridine rings is 1. The molecule has 0 spiro atoms. The van der Waals surface area contributed by atoms with Gasteiger partial charge in [0.15, 0.2) is 0 Å². The summed E-state index contributed by atoms with van der Waals surface area (Å²) in [5.41, 5.74) is 1.25. The lowest BCUT2D eigenvalue weighted by Crippen LogP contribution is -2.49. The second-order valence-corrected chi connectivity index (χ2v) is 4.95. The van der Waals surface area contributed by atoms with Gasteiger partial charge in [-0.3, -0.25) is 0 Å². The fourth-order valence-corrected chi connectivity index (χ4v) is 2.30. The van der Waals surface area contributed by atoms with Crippen molar-refractivity contribution in [1.29, 1.82) is 0 Å². The van der Waals surface area contributed by atoms with E-state index in [2.05, 4.69) is 45.7 Å². The Kier molecular flexibility index (Phi) is 3.82. The highest BCUT2D eigenvalue weighted by Crippen LogP contribution is 2.20.